The van der Waals surface area contributed by atoms with Crippen LogP contribution < -0.4 is 9.47 Å². The van der Waals surface area contributed by atoms with Crippen molar-refractivity contribution in [1.82, 2.24) is 4.31 Å². The molecule has 0 N–H and O–H groups in total. The van der Waals surface area contributed by atoms with Gasteiger partial charge in [0.2, 0.25) is 10.0 Å². The minimum Gasteiger partial charge on any atom is -0.494 e. The Balaban J connectivity index is 1.52. The van der Waals surface area contributed by atoms with Gasteiger partial charge in [-0.25, -0.2) is 8.42 Å². The number of hydrogen-bond acceptors (Lipinski definition) is 5. The SMILES string of the molecule is CCOc1ccc(S(=O)(=O)N2CCS[C@@H]2c2cccc(OCc3ccccc3)c2)cc1. The molecule has 1 atom stereocenters. The van der Waals surface area contributed by atoms with E-state index in [4.69, 9.17) is 9.47 Å². The third-order valence-corrected chi connectivity index (χ3v) is 8.25. The van der Waals surface area contributed by atoms with E-state index in [9.17, 15) is 8.42 Å². The molecule has 1 saturated heterocycles. The average Bonchev–Trinajstić information content (AvgIpc) is 3.30. The molecule has 1 aliphatic rings. The van der Waals surface area contributed by atoms with Crippen molar-refractivity contribution < 1.29 is 17.9 Å². The maximum absolute atomic E-state index is 13.3. The first-order chi connectivity index (χ1) is 15.1. The van der Waals surface area contributed by atoms with Gasteiger partial charge in [0.15, 0.2) is 0 Å². The van der Waals surface area contributed by atoms with Crippen LogP contribution in [0, 0.1) is 0 Å². The highest BCUT2D eigenvalue weighted by molar-refractivity contribution is 8.01. The van der Waals surface area contributed by atoms with Gasteiger partial charge in [-0.05, 0) is 54.4 Å². The normalized spacial score (nSPS) is 16.9. The van der Waals surface area contributed by atoms with Gasteiger partial charge >= 0.3 is 0 Å². The molecule has 0 spiro atoms. The van der Waals surface area contributed by atoms with E-state index in [0.717, 1.165) is 22.6 Å². The molecule has 0 aromatic heterocycles. The second-order valence-corrected chi connectivity index (χ2v) is 10.2. The fraction of sp³-hybridized carbons (Fsp3) is 0.250. The van der Waals surface area contributed by atoms with Crippen LogP contribution in [0.5, 0.6) is 11.5 Å². The summed E-state index contributed by atoms with van der Waals surface area (Å²) in [6.45, 7) is 3.38. The molecular weight excluding hydrogens is 430 g/mol. The van der Waals surface area contributed by atoms with E-state index in [0.29, 0.717) is 25.5 Å². The van der Waals surface area contributed by atoms with Crippen LogP contribution in [0.1, 0.15) is 23.4 Å². The fourth-order valence-electron chi connectivity index (χ4n) is 3.47. The van der Waals surface area contributed by atoms with E-state index >= 15 is 0 Å². The van der Waals surface area contributed by atoms with E-state index in [-0.39, 0.29) is 10.3 Å². The maximum atomic E-state index is 13.3. The largest absolute Gasteiger partial charge is 0.494 e. The standard InChI is InChI=1S/C24H25NO4S2/c1-2-28-21-11-13-23(14-12-21)31(26,27)25-15-16-30-24(25)20-9-6-10-22(17-20)29-18-19-7-4-3-5-8-19/h3-14,17,24H,2,15-16,18H2,1H3/t24-/m1/s1. The smallest absolute Gasteiger partial charge is 0.244 e. The van der Waals surface area contributed by atoms with Gasteiger partial charge in [0, 0.05) is 12.3 Å². The van der Waals surface area contributed by atoms with E-state index in [1.54, 1.807) is 40.3 Å². The number of hydrogen-bond donors (Lipinski definition) is 0. The fourth-order valence-corrected chi connectivity index (χ4v) is 6.70. The Morgan fingerprint density at radius 2 is 1.71 bits per heavy atom. The van der Waals surface area contributed by atoms with Gasteiger partial charge in [-0.15, -0.1) is 11.8 Å². The van der Waals surface area contributed by atoms with Crippen molar-refractivity contribution in [1.29, 1.82) is 0 Å². The van der Waals surface area contributed by atoms with Crippen LogP contribution in [-0.2, 0) is 16.6 Å². The van der Waals surface area contributed by atoms with Crippen LogP contribution in [-0.4, -0.2) is 31.6 Å². The van der Waals surface area contributed by atoms with E-state index in [1.807, 2.05) is 61.5 Å². The zero-order valence-corrected chi connectivity index (χ0v) is 18.9. The zero-order chi connectivity index (χ0) is 21.7. The van der Waals surface area contributed by atoms with Crippen LogP contribution in [0.4, 0.5) is 0 Å². The molecule has 0 saturated carbocycles. The molecule has 5 nitrogen and oxygen atoms in total. The monoisotopic (exact) mass is 455 g/mol. The highest BCUT2D eigenvalue weighted by Crippen LogP contribution is 2.42. The Bertz CT molecular complexity index is 1100. The Labute approximate surface area is 188 Å². The van der Waals surface area contributed by atoms with Gasteiger partial charge < -0.3 is 9.47 Å². The molecule has 7 heteroatoms. The summed E-state index contributed by atoms with van der Waals surface area (Å²) in [4.78, 5) is 0.278. The molecule has 0 unspecified atom stereocenters. The lowest BCUT2D eigenvalue weighted by Gasteiger charge is -2.24. The number of benzene rings is 3. The van der Waals surface area contributed by atoms with Crippen molar-refractivity contribution in [3.8, 4) is 11.5 Å². The molecule has 0 aliphatic carbocycles. The highest BCUT2D eigenvalue weighted by atomic mass is 32.2. The van der Waals surface area contributed by atoms with Gasteiger partial charge in [-0.1, -0.05) is 42.5 Å². The molecule has 4 rings (SSSR count). The molecule has 1 heterocycles. The molecule has 0 radical (unpaired) electrons. The summed E-state index contributed by atoms with van der Waals surface area (Å²) in [5.74, 6) is 2.14. The van der Waals surface area contributed by atoms with E-state index in [1.165, 1.54) is 0 Å². The first-order valence-corrected chi connectivity index (χ1v) is 12.7. The van der Waals surface area contributed by atoms with Crippen molar-refractivity contribution in [2.45, 2.75) is 23.8 Å². The second-order valence-electron chi connectivity index (χ2n) is 7.09. The van der Waals surface area contributed by atoms with Crippen molar-refractivity contribution in [2.75, 3.05) is 18.9 Å². The lowest BCUT2D eigenvalue weighted by atomic mass is 10.2. The molecule has 1 fully saturated rings. The summed E-state index contributed by atoms with van der Waals surface area (Å²) >= 11 is 1.63. The molecule has 1 aliphatic heterocycles. The van der Waals surface area contributed by atoms with Gasteiger partial charge in [0.25, 0.3) is 0 Å². The van der Waals surface area contributed by atoms with Crippen LogP contribution in [0.15, 0.2) is 83.8 Å². The Hall–Kier alpha value is -2.48. The Morgan fingerprint density at radius 3 is 2.45 bits per heavy atom. The van der Waals surface area contributed by atoms with E-state index in [2.05, 4.69) is 0 Å². The van der Waals surface area contributed by atoms with Crippen LogP contribution in [0.25, 0.3) is 0 Å². The summed E-state index contributed by atoms with van der Waals surface area (Å²) in [6.07, 6.45) is 0. The number of sulfonamides is 1. The maximum Gasteiger partial charge on any atom is 0.244 e. The minimum absolute atomic E-state index is 0.278. The lowest BCUT2D eigenvalue weighted by molar-refractivity contribution is 0.305. The Morgan fingerprint density at radius 1 is 0.935 bits per heavy atom. The summed E-state index contributed by atoms with van der Waals surface area (Å²) in [5.41, 5.74) is 2.01. The van der Waals surface area contributed by atoms with Gasteiger partial charge in [-0.2, -0.15) is 4.31 Å². The molecule has 0 bridgehead atoms. The van der Waals surface area contributed by atoms with Crippen LogP contribution in [0.3, 0.4) is 0 Å². The molecule has 31 heavy (non-hydrogen) atoms. The van der Waals surface area contributed by atoms with Gasteiger partial charge in [0.05, 0.1) is 16.9 Å². The number of thioether (sulfide) groups is 1. The van der Waals surface area contributed by atoms with Gasteiger partial charge in [0.1, 0.15) is 18.1 Å². The lowest BCUT2D eigenvalue weighted by Crippen LogP contribution is -2.30. The summed E-state index contributed by atoms with van der Waals surface area (Å²) < 4.78 is 39.6. The van der Waals surface area contributed by atoms with Crippen molar-refractivity contribution in [3.05, 3.63) is 90.0 Å². The van der Waals surface area contributed by atoms with Crippen LogP contribution in [0.2, 0.25) is 0 Å². The Kier molecular flexibility index (Phi) is 6.85. The number of rotatable bonds is 8. The molecule has 162 valence electrons. The summed E-state index contributed by atoms with van der Waals surface area (Å²) in [7, 11) is -3.62. The second kappa shape index (κ2) is 9.77. The van der Waals surface area contributed by atoms with Crippen molar-refractivity contribution >= 4 is 21.8 Å². The predicted molar refractivity (Wildman–Crippen MR) is 124 cm³/mol. The molecule has 0 amide bonds. The third-order valence-electron chi connectivity index (χ3n) is 4.98. The molecule has 3 aromatic carbocycles. The summed E-state index contributed by atoms with van der Waals surface area (Å²) in [6, 6.07) is 24.3. The third kappa shape index (κ3) is 5.06. The highest BCUT2D eigenvalue weighted by Gasteiger charge is 2.37. The zero-order valence-electron chi connectivity index (χ0n) is 17.3. The number of nitrogens with zero attached hydrogens (tertiary/aromatic N) is 1. The van der Waals surface area contributed by atoms with Gasteiger partial charge in [-0.3, -0.25) is 0 Å². The molecule has 3 aromatic rings. The number of ether oxygens (including phenoxy) is 2. The first kappa shape index (κ1) is 21.7. The van der Waals surface area contributed by atoms with Crippen molar-refractivity contribution in [3.63, 3.8) is 0 Å². The van der Waals surface area contributed by atoms with E-state index < -0.39 is 10.0 Å². The topological polar surface area (TPSA) is 55.8 Å². The summed E-state index contributed by atoms with van der Waals surface area (Å²) in [5, 5.41) is -0.281. The average molecular weight is 456 g/mol. The quantitative estimate of drug-likeness (QED) is 0.473. The molecular formula is C24H25NO4S2. The predicted octanol–water partition coefficient (Wildman–Crippen LogP) is 5.10. The first-order valence-electron chi connectivity index (χ1n) is 10.2. The van der Waals surface area contributed by atoms with Crippen LogP contribution >= 0.6 is 11.8 Å². The minimum atomic E-state index is -3.62. The van der Waals surface area contributed by atoms with Crippen molar-refractivity contribution in [2.24, 2.45) is 0 Å².